The topological polar surface area (TPSA) is 29.3 Å². The molecular weight excluding hydrogens is 228 g/mol. The van der Waals surface area contributed by atoms with E-state index in [1.807, 2.05) is 0 Å². The molecule has 3 rings (SSSR count). The molecule has 1 aromatic carbocycles. The van der Waals surface area contributed by atoms with Gasteiger partial charge in [-0.05, 0) is 43.2 Å². The van der Waals surface area contributed by atoms with Gasteiger partial charge in [0.05, 0.1) is 6.04 Å². The minimum atomic E-state index is 0.315. The molecule has 2 atom stereocenters. The van der Waals surface area contributed by atoms with Crippen LogP contribution in [0.5, 0.6) is 0 Å². The Morgan fingerprint density at radius 1 is 1.18 bits per heavy atom. The van der Waals surface area contributed by atoms with E-state index in [2.05, 4.69) is 35.4 Å². The number of thioether (sulfide) groups is 1. The van der Waals surface area contributed by atoms with Gasteiger partial charge in [0.25, 0.3) is 0 Å². The predicted molar refractivity (Wildman–Crippen MR) is 73.3 cm³/mol. The average Bonchev–Trinajstić information content (AvgIpc) is 3.13. The van der Waals surface area contributed by atoms with Crippen LogP contribution in [0.25, 0.3) is 0 Å². The van der Waals surface area contributed by atoms with Crippen molar-refractivity contribution in [2.24, 2.45) is 5.73 Å². The summed E-state index contributed by atoms with van der Waals surface area (Å²) in [6, 6.07) is 10.5. The molecule has 0 spiro atoms. The van der Waals surface area contributed by atoms with Gasteiger partial charge in [-0.2, -0.15) is 0 Å². The largest absolute Gasteiger partial charge is 0.326 e. The molecule has 2 nitrogen and oxygen atoms in total. The van der Waals surface area contributed by atoms with Crippen LogP contribution in [0.2, 0.25) is 0 Å². The quantitative estimate of drug-likeness (QED) is 0.834. The lowest BCUT2D eigenvalue weighted by molar-refractivity contribution is 0.237. The third kappa shape index (κ3) is 2.24. The van der Waals surface area contributed by atoms with E-state index < -0.39 is 0 Å². The molecule has 3 heteroatoms. The summed E-state index contributed by atoms with van der Waals surface area (Å²) in [7, 11) is 0. The highest BCUT2D eigenvalue weighted by Gasteiger charge is 2.41. The zero-order valence-corrected chi connectivity index (χ0v) is 11.1. The average molecular weight is 248 g/mol. The van der Waals surface area contributed by atoms with E-state index in [-0.39, 0.29) is 0 Å². The highest BCUT2D eigenvalue weighted by Crippen LogP contribution is 2.40. The van der Waals surface area contributed by atoms with Crippen LogP contribution in [0, 0.1) is 0 Å². The van der Waals surface area contributed by atoms with Gasteiger partial charge in [-0.3, -0.25) is 4.90 Å². The van der Waals surface area contributed by atoms with E-state index in [0.717, 1.165) is 12.5 Å². The molecule has 1 aliphatic heterocycles. The van der Waals surface area contributed by atoms with E-state index in [1.54, 1.807) is 11.8 Å². The Bertz CT molecular complexity index is 386. The zero-order chi connectivity index (χ0) is 11.8. The van der Waals surface area contributed by atoms with E-state index in [9.17, 15) is 0 Å². The van der Waals surface area contributed by atoms with Crippen LogP contribution in [0.3, 0.4) is 0 Å². The van der Waals surface area contributed by atoms with Gasteiger partial charge >= 0.3 is 0 Å². The number of likely N-dealkylation sites (tertiary alicyclic amines) is 1. The van der Waals surface area contributed by atoms with Gasteiger partial charge in [0, 0.05) is 23.5 Å². The van der Waals surface area contributed by atoms with Crippen LogP contribution >= 0.6 is 11.8 Å². The fraction of sp³-hybridized carbons (Fsp3) is 0.571. The smallest absolute Gasteiger partial charge is 0.0502 e. The van der Waals surface area contributed by atoms with Crippen molar-refractivity contribution in [1.82, 2.24) is 4.90 Å². The van der Waals surface area contributed by atoms with Gasteiger partial charge in [-0.15, -0.1) is 11.8 Å². The van der Waals surface area contributed by atoms with Crippen molar-refractivity contribution in [3.8, 4) is 0 Å². The minimum absolute atomic E-state index is 0.315. The van der Waals surface area contributed by atoms with Crippen molar-refractivity contribution >= 4 is 11.8 Å². The van der Waals surface area contributed by atoms with E-state index >= 15 is 0 Å². The normalized spacial score (nSPS) is 29.8. The Balaban J connectivity index is 1.84. The molecule has 1 heterocycles. The molecule has 2 aliphatic rings. The molecule has 1 aliphatic carbocycles. The van der Waals surface area contributed by atoms with Crippen LogP contribution in [0.4, 0.5) is 0 Å². The first-order chi connectivity index (χ1) is 8.29. The van der Waals surface area contributed by atoms with E-state index in [1.165, 1.54) is 29.8 Å². The van der Waals surface area contributed by atoms with Gasteiger partial charge in [0.1, 0.15) is 0 Å². The summed E-state index contributed by atoms with van der Waals surface area (Å²) in [5.41, 5.74) is 7.69. The third-order valence-corrected chi connectivity index (χ3v) is 4.70. The Labute approximate surface area is 108 Å². The summed E-state index contributed by atoms with van der Waals surface area (Å²) in [6.07, 6.45) is 6.00. The molecule has 92 valence electrons. The van der Waals surface area contributed by atoms with Crippen LogP contribution in [0.15, 0.2) is 29.2 Å². The Kier molecular flexibility index (Phi) is 3.16. The van der Waals surface area contributed by atoms with Gasteiger partial charge in [-0.1, -0.05) is 12.1 Å². The standard InChI is InChI=1S/C14H20N2S/c1-17-12-6-2-10(3-7-12)14-13(15)8-9-16(14)11-4-5-11/h2-3,6-7,11,13-14H,4-5,8-9,15H2,1H3. The van der Waals surface area contributed by atoms with Crippen molar-refractivity contribution in [1.29, 1.82) is 0 Å². The lowest BCUT2D eigenvalue weighted by Gasteiger charge is -2.27. The van der Waals surface area contributed by atoms with Crippen molar-refractivity contribution in [3.63, 3.8) is 0 Å². The predicted octanol–water partition coefficient (Wildman–Crippen LogP) is 2.65. The molecule has 2 N–H and O–H groups in total. The first-order valence-electron chi connectivity index (χ1n) is 6.45. The van der Waals surface area contributed by atoms with Crippen LogP contribution in [-0.4, -0.2) is 29.8 Å². The first-order valence-corrected chi connectivity index (χ1v) is 7.67. The lowest BCUT2D eigenvalue weighted by Crippen LogP contribution is -2.33. The van der Waals surface area contributed by atoms with Gasteiger partial charge in [0.2, 0.25) is 0 Å². The summed E-state index contributed by atoms with van der Waals surface area (Å²) in [5.74, 6) is 0. The van der Waals surface area contributed by atoms with E-state index in [4.69, 9.17) is 5.73 Å². The highest BCUT2D eigenvalue weighted by atomic mass is 32.2. The van der Waals surface area contributed by atoms with Crippen LogP contribution in [0.1, 0.15) is 30.9 Å². The molecule has 17 heavy (non-hydrogen) atoms. The Hall–Kier alpha value is -0.510. The molecule has 2 fully saturated rings. The second-order valence-electron chi connectivity index (χ2n) is 5.14. The number of hydrogen-bond donors (Lipinski definition) is 1. The molecular formula is C14H20N2S. The van der Waals surface area contributed by atoms with E-state index in [0.29, 0.717) is 12.1 Å². The monoisotopic (exact) mass is 248 g/mol. The maximum atomic E-state index is 6.29. The Morgan fingerprint density at radius 2 is 1.88 bits per heavy atom. The maximum Gasteiger partial charge on any atom is 0.0502 e. The molecule has 1 saturated carbocycles. The second-order valence-corrected chi connectivity index (χ2v) is 6.02. The molecule has 0 amide bonds. The number of rotatable bonds is 3. The van der Waals surface area contributed by atoms with Crippen molar-refractivity contribution in [3.05, 3.63) is 29.8 Å². The minimum Gasteiger partial charge on any atom is -0.326 e. The van der Waals surface area contributed by atoms with Crippen molar-refractivity contribution < 1.29 is 0 Å². The van der Waals surface area contributed by atoms with Crippen molar-refractivity contribution in [2.45, 2.75) is 42.3 Å². The number of benzene rings is 1. The molecule has 0 bridgehead atoms. The second kappa shape index (κ2) is 4.63. The summed E-state index contributed by atoms with van der Waals surface area (Å²) in [4.78, 5) is 3.96. The van der Waals surface area contributed by atoms with Crippen molar-refractivity contribution in [2.75, 3.05) is 12.8 Å². The number of nitrogens with zero attached hydrogens (tertiary/aromatic N) is 1. The zero-order valence-electron chi connectivity index (χ0n) is 10.3. The fourth-order valence-electron chi connectivity index (χ4n) is 2.90. The van der Waals surface area contributed by atoms with Gasteiger partial charge < -0.3 is 5.73 Å². The maximum absolute atomic E-state index is 6.29. The molecule has 0 aromatic heterocycles. The lowest BCUT2D eigenvalue weighted by atomic mass is 10.0. The molecule has 1 aromatic rings. The molecule has 0 radical (unpaired) electrons. The summed E-state index contributed by atoms with van der Waals surface area (Å²) >= 11 is 1.80. The summed E-state index contributed by atoms with van der Waals surface area (Å²) in [6.45, 7) is 1.18. The van der Waals surface area contributed by atoms with Gasteiger partial charge in [0.15, 0.2) is 0 Å². The Morgan fingerprint density at radius 3 is 2.47 bits per heavy atom. The van der Waals surface area contributed by atoms with Crippen LogP contribution < -0.4 is 5.73 Å². The summed E-state index contributed by atoms with van der Waals surface area (Å²) < 4.78 is 0. The third-order valence-electron chi connectivity index (χ3n) is 3.96. The first kappa shape index (κ1) is 11.6. The SMILES string of the molecule is CSc1ccc(C2C(N)CCN2C2CC2)cc1. The molecule has 2 unspecified atom stereocenters. The fourth-order valence-corrected chi connectivity index (χ4v) is 3.30. The highest BCUT2D eigenvalue weighted by molar-refractivity contribution is 7.98. The number of nitrogens with two attached hydrogens (primary N) is 1. The van der Waals surface area contributed by atoms with Crippen LogP contribution in [-0.2, 0) is 0 Å². The summed E-state index contributed by atoms with van der Waals surface area (Å²) in [5, 5.41) is 0. The molecule has 1 saturated heterocycles. The van der Waals surface area contributed by atoms with Gasteiger partial charge in [-0.25, -0.2) is 0 Å². The number of hydrogen-bond acceptors (Lipinski definition) is 3.